The predicted octanol–water partition coefficient (Wildman–Crippen LogP) is 2.42. The molecule has 17 heavy (non-hydrogen) atoms. The number of hydrogen-bond donors (Lipinski definition) is 2. The van der Waals surface area contributed by atoms with E-state index in [9.17, 15) is 9.90 Å². The molecule has 4 heteroatoms. The van der Waals surface area contributed by atoms with E-state index in [1.54, 1.807) is 6.07 Å². The first-order chi connectivity index (χ1) is 8.27. The molecule has 3 nitrogen and oxygen atoms in total. The first-order valence-corrected chi connectivity index (χ1v) is 7.15. The number of rotatable bonds is 4. The highest BCUT2D eigenvalue weighted by Gasteiger charge is 2.22. The van der Waals surface area contributed by atoms with Crippen LogP contribution >= 0.6 is 11.3 Å². The maximum Gasteiger partial charge on any atom is 0.261 e. The van der Waals surface area contributed by atoms with Crippen molar-refractivity contribution in [3.05, 3.63) is 22.4 Å². The van der Waals surface area contributed by atoms with E-state index >= 15 is 0 Å². The molecular weight excluding hydrogens is 234 g/mol. The van der Waals surface area contributed by atoms with E-state index in [0.717, 1.165) is 12.8 Å². The van der Waals surface area contributed by atoms with Gasteiger partial charge in [-0.2, -0.15) is 0 Å². The zero-order valence-electron chi connectivity index (χ0n) is 9.89. The van der Waals surface area contributed by atoms with Crippen LogP contribution in [0.2, 0.25) is 0 Å². The van der Waals surface area contributed by atoms with Gasteiger partial charge in [-0.05, 0) is 30.2 Å². The third kappa shape index (κ3) is 3.54. The molecule has 0 radical (unpaired) electrons. The minimum atomic E-state index is -0.390. The Bertz CT molecular complexity index is 344. The van der Waals surface area contributed by atoms with Crippen molar-refractivity contribution < 1.29 is 9.90 Å². The Morgan fingerprint density at radius 1 is 1.47 bits per heavy atom. The van der Waals surface area contributed by atoms with Crippen molar-refractivity contribution in [2.24, 2.45) is 5.92 Å². The van der Waals surface area contributed by atoms with Gasteiger partial charge in [-0.15, -0.1) is 11.3 Å². The molecule has 1 saturated carbocycles. The van der Waals surface area contributed by atoms with E-state index in [1.165, 1.54) is 30.6 Å². The average Bonchev–Trinajstić information content (AvgIpc) is 2.90. The molecule has 1 fully saturated rings. The molecule has 1 heterocycles. The van der Waals surface area contributed by atoms with Crippen LogP contribution in [0, 0.1) is 5.92 Å². The van der Waals surface area contributed by atoms with Crippen LogP contribution in [0.4, 0.5) is 0 Å². The maximum absolute atomic E-state index is 11.7. The smallest absolute Gasteiger partial charge is 0.261 e. The molecule has 1 amide bonds. The van der Waals surface area contributed by atoms with E-state index < -0.39 is 0 Å². The monoisotopic (exact) mass is 253 g/mol. The number of thiophene rings is 1. The lowest BCUT2D eigenvalue weighted by molar-refractivity contribution is 0.0740. The van der Waals surface area contributed by atoms with Gasteiger partial charge in [0.1, 0.15) is 0 Å². The van der Waals surface area contributed by atoms with Crippen molar-refractivity contribution >= 4 is 17.2 Å². The summed E-state index contributed by atoms with van der Waals surface area (Å²) in [5.41, 5.74) is 0. The van der Waals surface area contributed by atoms with Gasteiger partial charge in [0.2, 0.25) is 0 Å². The Kier molecular flexibility index (Phi) is 4.57. The summed E-state index contributed by atoms with van der Waals surface area (Å²) in [5.74, 6) is 0.294. The largest absolute Gasteiger partial charge is 0.391 e. The van der Waals surface area contributed by atoms with Crippen molar-refractivity contribution in [3.63, 3.8) is 0 Å². The van der Waals surface area contributed by atoms with Gasteiger partial charge in [-0.3, -0.25) is 4.79 Å². The topological polar surface area (TPSA) is 49.3 Å². The van der Waals surface area contributed by atoms with Crippen LogP contribution in [0.15, 0.2) is 17.5 Å². The summed E-state index contributed by atoms with van der Waals surface area (Å²) in [6.07, 6.45) is 5.50. The van der Waals surface area contributed by atoms with Crippen molar-refractivity contribution in [1.82, 2.24) is 5.32 Å². The van der Waals surface area contributed by atoms with Gasteiger partial charge in [0.05, 0.1) is 11.0 Å². The van der Waals surface area contributed by atoms with E-state index in [2.05, 4.69) is 5.32 Å². The molecule has 1 atom stereocenters. The number of carbonyl (C=O) groups is 1. The van der Waals surface area contributed by atoms with Crippen LogP contribution in [0.3, 0.4) is 0 Å². The van der Waals surface area contributed by atoms with Crippen LogP contribution in [0.5, 0.6) is 0 Å². The predicted molar refractivity (Wildman–Crippen MR) is 69.2 cm³/mol. The van der Waals surface area contributed by atoms with E-state index in [0.29, 0.717) is 17.3 Å². The second-order valence-electron chi connectivity index (χ2n) is 4.65. The SMILES string of the molecule is O=C(NC[C@@H](O)C1CCCCC1)c1cccs1. The van der Waals surface area contributed by atoms with Crippen molar-refractivity contribution in [1.29, 1.82) is 0 Å². The molecule has 1 aliphatic carbocycles. The van der Waals surface area contributed by atoms with Gasteiger partial charge in [-0.1, -0.05) is 25.3 Å². The third-order valence-corrected chi connectivity index (χ3v) is 4.28. The highest BCUT2D eigenvalue weighted by Crippen LogP contribution is 2.26. The Hall–Kier alpha value is -0.870. The van der Waals surface area contributed by atoms with E-state index in [-0.39, 0.29) is 12.0 Å². The summed E-state index contributed by atoms with van der Waals surface area (Å²) in [4.78, 5) is 12.4. The van der Waals surface area contributed by atoms with Gasteiger partial charge in [0.15, 0.2) is 0 Å². The molecule has 0 aromatic carbocycles. The summed E-state index contributed by atoms with van der Waals surface area (Å²) in [5, 5.41) is 14.7. The highest BCUT2D eigenvalue weighted by molar-refractivity contribution is 7.12. The summed E-state index contributed by atoms with van der Waals surface area (Å²) in [6.45, 7) is 0.376. The Morgan fingerprint density at radius 3 is 2.88 bits per heavy atom. The second kappa shape index (κ2) is 6.17. The number of aliphatic hydroxyl groups excluding tert-OH is 1. The van der Waals surface area contributed by atoms with E-state index in [4.69, 9.17) is 0 Å². The molecule has 0 aliphatic heterocycles. The van der Waals surface area contributed by atoms with Gasteiger partial charge in [-0.25, -0.2) is 0 Å². The lowest BCUT2D eigenvalue weighted by Gasteiger charge is -2.26. The zero-order chi connectivity index (χ0) is 12.1. The van der Waals surface area contributed by atoms with Crippen molar-refractivity contribution in [2.75, 3.05) is 6.54 Å². The molecule has 94 valence electrons. The quantitative estimate of drug-likeness (QED) is 0.865. The van der Waals surface area contributed by atoms with Crippen LogP contribution in [0.1, 0.15) is 41.8 Å². The van der Waals surface area contributed by atoms with Gasteiger partial charge >= 0.3 is 0 Å². The first-order valence-electron chi connectivity index (χ1n) is 6.27. The summed E-state index contributed by atoms with van der Waals surface area (Å²) in [7, 11) is 0. The molecular formula is C13H19NO2S. The number of nitrogens with one attached hydrogen (secondary N) is 1. The number of amides is 1. The fourth-order valence-corrected chi connectivity index (χ4v) is 3.02. The van der Waals surface area contributed by atoms with Crippen LogP contribution in [-0.2, 0) is 0 Å². The molecule has 2 rings (SSSR count). The minimum absolute atomic E-state index is 0.0742. The molecule has 2 N–H and O–H groups in total. The highest BCUT2D eigenvalue weighted by atomic mass is 32.1. The Morgan fingerprint density at radius 2 is 2.24 bits per heavy atom. The molecule has 0 bridgehead atoms. The Labute approximate surface area is 106 Å². The summed E-state index contributed by atoms with van der Waals surface area (Å²) < 4.78 is 0. The number of aliphatic hydroxyl groups is 1. The molecule has 1 aromatic rings. The van der Waals surface area contributed by atoms with Crippen LogP contribution in [0.25, 0.3) is 0 Å². The average molecular weight is 253 g/mol. The third-order valence-electron chi connectivity index (χ3n) is 3.41. The van der Waals surface area contributed by atoms with Gasteiger partial charge < -0.3 is 10.4 Å². The second-order valence-corrected chi connectivity index (χ2v) is 5.60. The fraction of sp³-hybridized carbons (Fsp3) is 0.615. The fourth-order valence-electron chi connectivity index (χ4n) is 2.38. The van der Waals surface area contributed by atoms with Crippen LogP contribution in [-0.4, -0.2) is 23.7 Å². The standard InChI is InChI=1S/C13H19NO2S/c15-11(10-5-2-1-3-6-10)9-14-13(16)12-7-4-8-17-12/h4,7-8,10-11,15H,1-3,5-6,9H2,(H,14,16)/t11-/m1/s1. The number of carbonyl (C=O) groups excluding carboxylic acids is 1. The summed E-state index contributed by atoms with van der Waals surface area (Å²) in [6, 6.07) is 3.66. The lowest BCUT2D eigenvalue weighted by atomic mass is 9.85. The number of hydrogen-bond acceptors (Lipinski definition) is 3. The normalized spacial score (nSPS) is 18.9. The molecule has 0 unspecified atom stereocenters. The van der Waals surface area contributed by atoms with Crippen LogP contribution < -0.4 is 5.32 Å². The summed E-state index contributed by atoms with van der Waals surface area (Å²) >= 11 is 1.42. The maximum atomic E-state index is 11.7. The van der Waals surface area contributed by atoms with E-state index in [1.807, 2.05) is 11.4 Å². The molecule has 0 spiro atoms. The minimum Gasteiger partial charge on any atom is -0.391 e. The van der Waals surface area contributed by atoms with Gasteiger partial charge in [0, 0.05) is 6.54 Å². The van der Waals surface area contributed by atoms with Crippen molar-refractivity contribution in [3.8, 4) is 0 Å². The Balaban J connectivity index is 1.75. The molecule has 0 saturated heterocycles. The zero-order valence-corrected chi connectivity index (χ0v) is 10.7. The first kappa shape index (κ1) is 12.6. The lowest BCUT2D eigenvalue weighted by Crippen LogP contribution is -2.36. The molecule has 1 aliphatic rings. The molecule has 1 aromatic heterocycles. The van der Waals surface area contributed by atoms with Gasteiger partial charge in [0.25, 0.3) is 5.91 Å². The van der Waals surface area contributed by atoms with Crippen molar-refractivity contribution in [2.45, 2.75) is 38.2 Å².